The van der Waals surface area contributed by atoms with Gasteiger partial charge in [0.15, 0.2) is 6.61 Å². The number of thiophene rings is 1. The summed E-state index contributed by atoms with van der Waals surface area (Å²) in [4.78, 5) is 38.2. The fourth-order valence-corrected chi connectivity index (χ4v) is 4.75. The number of amides is 1. The number of esters is 2. The zero-order valence-corrected chi connectivity index (χ0v) is 18.0. The van der Waals surface area contributed by atoms with Crippen molar-refractivity contribution in [1.29, 1.82) is 0 Å². The van der Waals surface area contributed by atoms with E-state index in [9.17, 15) is 19.5 Å². The molecule has 3 rings (SSSR count). The van der Waals surface area contributed by atoms with Crippen LogP contribution in [0.1, 0.15) is 58.3 Å². The van der Waals surface area contributed by atoms with Crippen LogP contribution in [0, 0.1) is 5.92 Å². The van der Waals surface area contributed by atoms with E-state index in [0.29, 0.717) is 16.5 Å². The molecule has 0 saturated carbocycles. The first-order valence-corrected chi connectivity index (χ1v) is 10.7. The van der Waals surface area contributed by atoms with Gasteiger partial charge >= 0.3 is 11.9 Å². The van der Waals surface area contributed by atoms with Crippen molar-refractivity contribution >= 4 is 34.2 Å². The first-order chi connectivity index (χ1) is 14.2. The van der Waals surface area contributed by atoms with Crippen molar-refractivity contribution in [2.45, 2.75) is 46.1 Å². The molecule has 0 aliphatic heterocycles. The lowest BCUT2D eigenvalue weighted by atomic mass is 9.88. The zero-order valence-electron chi connectivity index (χ0n) is 17.2. The normalized spacial score (nSPS) is 15.4. The van der Waals surface area contributed by atoms with Gasteiger partial charge in [-0.1, -0.05) is 13.0 Å². The van der Waals surface area contributed by atoms with Crippen LogP contribution in [-0.2, 0) is 27.1 Å². The third-order valence-corrected chi connectivity index (χ3v) is 5.90. The molecule has 1 aliphatic carbocycles. The molecule has 0 spiro atoms. The lowest BCUT2D eigenvalue weighted by molar-refractivity contribution is -0.119. The van der Waals surface area contributed by atoms with Crippen LogP contribution in [0.3, 0.4) is 0 Å². The van der Waals surface area contributed by atoms with Gasteiger partial charge in [-0.25, -0.2) is 9.59 Å². The molecule has 30 heavy (non-hydrogen) atoms. The second-order valence-corrected chi connectivity index (χ2v) is 8.79. The Kier molecular flexibility index (Phi) is 6.77. The van der Waals surface area contributed by atoms with Gasteiger partial charge in [-0.3, -0.25) is 4.79 Å². The van der Waals surface area contributed by atoms with Crippen LogP contribution in [-0.4, -0.2) is 35.7 Å². The van der Waals surface area contributed by atoms with Crippen molar-refractivity contribution in [3.05, 3.63) is 45.8 Å². The van der Waals surface area contributed by atoms with Gasteiger partial charge in [0.1, 0.15) is 10.8 Å². The quantitative estimate of drug-likeness (QED) is 0.672. The molecule has 1 atom stereocenters. The van der Waals surface area contributed by atoms with Crippen LogP contribution in [0.5, 0.6) is 5.75 Å². The fraction of sp³-hybridized carbons (Fsp3) is 0.409. The van der Waals surface area contributed by atoms with Gasteiger partial charge in [-0.15, -0.1) is 11.3 Å². The Morgan fingerprint density at radius 2 is 2.03 bits per heavy atom. The number of anilines is 1. The molecular weight excluding hydrogens is 406 g/mol. The summed E-state index contributed by atoms with van der Waals surface area (Å²) in [5.74, 6) is -1.28. The molecule has 0 fully saturated rings. The molecule has 0 saturated heterocycles. The minimum absolute atomic E-state index is 0.0689. The summed E-state index contributed by atoms with van der Waals surface area (Å²) in [7, 11) is 0. The second-order valence-electron chi connectivity index (χ2n) is 7.68. The monoisotopic (exact) mass is 431 g/mol. The Morgan fingerprint density at radius 3 is 2.73 bits per heavy atom. The molecule has 1 aliphatic rings. The molecule has 1 heterocycles. The number of benzene rings is 1. The fourth-order valence-electron chi connectivity index (χ4n) is 3.34. The number of fused-ring (bicyclic) bond motifs is 1. The van der Waals surface area contributed by atoms with Crippen LogP contribution in [0.15, 0.2) is 24.3 Å². The Labute approximate surface area is 179 Å². The molecular formula is C22H25NO6S. The molecule has 2 N–H and O–H groups in total. The van der Waals surface area contributed by atoms with Gasteiger partial charge < -0.3 is 19.9 Å². The van der Waals surface area contributed by atoms with Crippen molar-refractivity contribution in [2.75, 3.05) is 11.9 Å². The van der Waals surface area contributed by atoms with Crippen LogP contribution in [0.25, 0.3) is 0 Å². The highest BCUT2D eigenvalue weighted by Gasteiger charge is 2.29. The maximum atomic E-state index is 12.7. The van der Waals surface area contributed by atoms with Gasteiger partial charge in [0, 0.05) is 4.88 Å². The van der Waals surface area contributed by atoms with E-state index >= 15 is 0 Å². The van der Waals surface area contributed by atoms with Gasteiger partial charge in [-0.05, 0) is 62.8 Å². The Hall–Kier alpha value is -2.87. The Balaban J connectivity index is 1.72. The number of nitrogens with one attached hydrogen (secondary N) is 1. The molecule has 7 nitrogen and oxygen atoms in total. The van der Waals surface area contributed by atoms with Crippen molar-refractivity contribution < 1.29 is 29.0 Å². The number of ether oxygens (including phenoxy) is 2. The zero-order chi connectivity index (χ0) is 21.8. The number of hydrogen-bond acceptors (Lipinski definition) is 7. The Bertz CT molecular complexity index is 965. The maximum Gasteiger partial charge on any atom is 0.341 e. The van der Waals surface area contributed by atoms with E-state index in [1.165, 1.54) is 35.6 Å². The number of aromatic hydroxyl groups is 1. The van der Waals surface area contributed by atoms with Gasteiger partial charge in [-0.2, -0.15) is 0 Å². The number of hydrogen-bond donors (Lipinski definition) is 2. The van der Waals surface area contributed by atoms with Crippen molar-refractivity contribution in [3.63, 3.8) is 0 Å². The smallest absolute Gasteiger partial charge is 0.341 e. The second kappa shape index (κ2) is 9.30. The van der Waals surface area contributed by atoms with E-state index in [1.807, 2.05) is 0 Å². The third kappa shape index (κ3) is 5.18. The molecule has 0 bridgehead atoms. The summed E-state index contributed by atoms with van der Waals surface area (Å²) in [6, 6.07) is 5.68. The highest BCUT2D eigenvalue weighted by atomic mass is 32.1. The maximum absolute atomic E-state index is 12.7. The first kappa shape index (κ1) is 21.8. The minimum Gasteiger partial charge on any atom is -0.508 e. The lowest BCUT2D eigenvalue weighted by Gasteiger charge is -2.18. The van der Waals surface area contributed by atoms with E-state index in [0.717, 1.165) is 29.7 Å². The number of carbonyl (C=O) groups is 3. The summed E-state index contributed by atoms with van der Waals surface area (Å²) >= 11 is 1.38. The molecule has 2 aromatic rings. The minimum atomic E-state index is -0.722. The van der Waals surface area contributed by atoms with Crippen LogP contribution < -0.4 is 5.32 Å². The Morgan fingerprint density at radius 1 is 1.27 bits per heavy atom. The summed E-state index contributed by atoms with van der Waals surface area (Å²) in [6.45, 7) is 5.20. The first-order valence-electron chi connectivity index (χ1n) is 9.86. The number of phenolic OH excluding ortho intramolecular Hbond substituents is 1. The van der Waals surface area contributed by atoms with Crippen molar-refractivity contribution in [3.8, 4) is 5.75 Å². The largest absolute Gasteiger partial charge is 0.508 e. The summed E-state index contributed by atoms with van der Waals surface area (Å²) in [5.41, 5.74) is 1.49. The SMILES string of the molecule is CC1CCc2c(sc(NC(=O)COC(=O)c3cccc(O)c3)c2C(=O)OC(C)C)C1. The third-order valence-electron chi connectivity index (χ3n) is 4.73. The summed E-state index contributed by atoms with van der Waals surface area (Å²) in [5, 5.41) is 12.6. The summed E-state index contributed by atoms with van der Waals surface area (Å²) < 4.78 is 10.4. The number of carbonyl (C=O) groups excluding carboxylic acids is 3. The van der Waals surface area contributed by atoms with Crippen molar-refractivity contribution in [2.24, 2.45) is 5.92 Å². The lowest BCUT2D eigenvalue weighted by Crippen LogP contribution is -2.22. The highest BCUT2D eigenvalue weighted by molar-refractivity contribution is 7.17. The summed E-state index contributed by atoms with van der Waals surface area (Å²) in [6.07, 6.45) is 2.31. The van der Waals surface area contributed by atoms with Gasteiger partial charge in [0.2, 0.25) is 0 Å². The van der Waals surface area contributed by atoms with E-state index in [1.54, 1.807) is 13.8 Å². The number of phenols is 1. The molecule has 1 unspecified atom stereocenters. The van der Waals surface area contributed by atoms with Crippen LogP contribution in [0.4, 0.5) is 5.00 Å². The molecule has 0 radical (unpaired) electrons. The van der Waals surface area contributed by atoms with Gasteiger partial charge in [0.25, 0.3) is 5.91 Å². The average Bonchev–Trinajstić information content (AvgIpc) is 3.02. The topological polar surface area (TPSA) is 102 Å². The molecule has 8 heteroatoms. The van der Waals surface area contributed by atoms with E-state index < -0.39 is 24.5 Å². The molecule has 1 aromatic carbocycles. The molecule has 1 aromatic heterocycles. The van der Waals surface area contributed by atoms with Crippen molar-refractivity contribution in [1.82, 2.24) is 0 Å². The molecule has 1 amide bonds. The highest BCUT2D eigenvalue weighted by Crippen LogP contribution is 2.40. The van der Waals surface area contributed by atoms with Crippen LogP contribution in [0.2, 0.25) is 0 Å². The van der Waals surface area contributed by atoms with E-state index in [-0.39, 0.29) is 17.4 Å². The van der Waals surface area contributed by atoms with Crippen LogP contribution >= 0.6 is 11.3 Å². The van der Waals surface area contributed by atoms with E-state index in [4.69, 9.17) is 9.47 Å². The number of rotatable bonds is 6. The molecule has 160 valence electrons. The standard InChI is InChI=1S/C22H25NO6S/c1-12(2)29-22(27)19-16-8-7-13(3)9-17(16)30-20(19)23-18(25)11-28-21(26)14-5-4-6-15(24)10-14/h4-6,10,12-13,24H,7-9,11H2,1-3H3,(H,23,25). The van der Waals surface area contributed by atoms with E-state index in [2.05, 4.69) is 12.2 Å². The predicted molar refractivity (Wildman–Crippen MR) is 113 cm³/mol. The predicted octanol–water partition coefficient (Wildman–Crippen LogP) is 3.94. The average molecular weight is 432 g/mol. The van der Waals surface area contributed by atoms with Gasteiger partial charge in [0.05, 0.1) is 17.2 Å².